The first-order chi connectivity index (χ1) is 9.52. The van der Waals surface area contributed by atoms with Crippen molar-refractivity contribution in [1.82, 2.24) is 14.8 Å². The Kier molecular flexibility index (Phi) is 4.29. The molecule has 1 aromatic carbocycles. The molecule has 0 amide bonds. The average Bonchev–Trinajstić information content (AvgIpc) is 2.77. The number of carbonyl (C=O) groups is 1. The molecule has 106 valence electrons. The number of thioether (sulfide) groups is 1. The number of aromatic nitrogens is 3. The number of rotatable bonds is 5. The van der Waals surface area contributed by atoms with Gasteiger partial charge in [0.25, 0.3) is 0 Å². The lowest BCUT2D eigenvalue weighted by molar-refractivity contribution is -0.133. The first-order valence-corrected chi connectivity index (χ1v) is 6.93. The maximum atomic E-state index is 10.7. The number of hydrogen-bond acceptors (Lipinski definition) is 5. The van der Waals surface area contributed by atoms with E-state index in [-0.39, 0.29) is 5.75 Å². The van der Waals surface area contributed by atoms with Gasteiger partial charge in [0.05, 0.1) is 12.9 Å². The molecule has 0 unspecified atom stereocenters. The van der Waals surface area contributed by atoms with Crippen LogP contribution in [0.25, 0.3) is 5.69 Å². The summed E-state index contributed by atoms with van der Waals surface area (Å²) in [5.41, 5.74) is 1.88. The Morgan fingerprint density at radius 3 is 2.75 bits per heavy atom. The fourth-order valence-corrected chi connectivity index (χ4v) is 2.58. The number of carboxylic acids is 1. The molecule has 0 atom stereocenters. The third-order valence-corrected chi connectivity index (χ3v) is 3.67. The van der Waals surface area contributed by atoms with E-state index in [0.29, 0.717) is 11.0 Å². The molecule has 0 saturated heterocycles. The van der Waals surface area contributed by atoms with E-state index in [1.807, 2.05) is 36.6 Å². The predicted molar refractivity (Wildman–Crippen MR) is 75.7 cm³/mol. The predicted octanol–water partition coefficient (Wildman–Crippen LogP) is 2.07. The summed E-state index contributed by atoms with van der Waals surface area (Å²) in [6.45, 7) is 3.78. The summed E-state index contributed by atoms with van der Waals surface area (Å²) < 4.78 is 7.07. The highest BCUT2D eigenvalue weighted by Gasteiger charge is 2.13. The Morgan fingerprint density at radius 1 is 1.40 bits per heavy atom. The van der Waals surface area contributed by atoms with E-state index in [2.05, 4.69) is 10.2 Å². The Morgan fingerprint density at radius 2 is 2.15 bits per heavy atom. The van der Waals surface area contributed by atoms with E-state index in [4.69, 9.17) is 9.84 Å². The van der Waals surface area contributed by atoms with Crippen molar-refractivity contribution in [3.63, 3.8) is 0 Å². The molecule has 0 saturated carbocycles. The van der Waals surface area contributed by atoms with Crippen molar-refractivity contribution in [2.45, 2.75) is 19.0 Å². The largest absolute Gasteiger partial charge is 0.496 e. The minimum absolute atomic E-state index is 0.0483. The number of hydrogen-bond donors (Lipinski definition) is 1. The summed E-state index contributed by atoms with van der Waals surface area (Å²) >= 11 is 1.15. The van der Waals surface area contributed by atoms with Crippen LogP contribution < -0.4 is 4.74 Å². The van der Waals surface area contributed by atoms with Crippen LogP contribution in [0.3, 0.4) is 0 Å². The molecule has 2 aromatic rings. The molecule has 6 nitrogen and oxygen atoms in total. The van der Waals surface area contributed by atoms with Crippen molar-refractivity contribution in [3.8, 4) is 11.4 Å². The second kappa shape index (κ2) is 5.96. The summed E-state index contributed by atoms with van der Waals surface area (Å²) in [7, 11) is 1.63. The van der Waals surface area contributed by atoms with Gasteiger partial charge in [0, 0.05) is 5.69 Å². The SMILES string of the molecule is COc1ccc(-n2c(C)nnc2SCC(=O)O)cc1C. The number of carboxylic acid groups (broad SMARTS) is 1. The molecule has 0 fully saturated rings. The molecule has 7 heteroatoms. The number of nitrogens with zero attached hydrogens (tertiary/aromatic N) is 3. The van der Waals surface area contributed by atoms with Crippen molar-refractivity contribution in [2.24, 2.45) is 0 Å². The van der Waals surface area contributed by atoms with Crippen molar-refractivity contribution in [2.75, 3.05) is 12.9 Å². The summed E-state index contributed by atoms with van der Waals surface area (Å²) in [6.07, 6.45) is 0. The van der Waals surface area contributed by atoms with E-state index >= 15 is 0 Å². The molecular weight excluding hydrogens is 278 g/mol. The lowest BCUT2D eigenvalue weighted by Crippen LogP contribution is -2.03. The topological polar surface area (TPSA) is 77.2 Å². The Hall–Kier alpha value is -2.02. The number of methoxy groups -OCH3 is 1. The van der Waals surface area contributed by atoms with Crippen LogP contribution in [0, 0.1) is 13.8 Å². The molecule has 0 radical (unpaired) electrons. The van der Waals surface area contributed by atoms with Gasteiger partial charge in [-0.15, -0.1) is 10.2 Å². The Balaban J connectivity index is 2.39. The fourth-order valence-electron chi connectivity index (χ4n) is 1.86. The van der Waals surface area contributed by atoms with E-state index in [1.165, 1.54) is 0 Å². The van der Waals surface area contributed by atoms with Crippen LogP contribution in [0.1, 0.15) is 11.4 Å². The number of benzene rings is 1. The molecular formula is C13H15N3O3S. The maximum absolute atomic E-state index is 10.7. The molecule has 0 aliphatic rings. The Labute approximate surface area is 120 Å². The molecule has 2 rings (SSSR count). The van der Waals surface area contributed by atoms with Gasteiger partial charge in [-0.05, 0) is 37.6 Å². The number of aryl methyl sites for hydroxylation is 2. The Bertz CT molecular complexity index is 640. The summed E-state index contributed by atoms with van der Waals surface area (Å²) in [6, 6.07) is 5.72. The van der Waals surface area contributed by atoms with E-state index in [1.54, 1.807) is 7.11 Å². The molecule has 0 aliphatic heterocycles. The van der Waals surface area contributed by atoms with Gasteiger partial charge in [-0.2, -0.15) is 0 Å². The zero-order valence-electron chi connectivity index (χ0n) is 11.5. The lowest BCUT2D eigenvalue weighted by atomic mass is 10.2. The van der Waals surface area contributed by atoms with Crippen molar-refractivity contribution in [1.29, 1.82) is 0 Å². The molecule has 1 aromatic heterocycles. The summed E-state index contributed by atoms with van der Waals surface area (Å²) in [5, 5.41) is 17.4. The second-order valence-electron chi connectivity index (χ2n) is 4.20. The molecule has 1 heterocycles. The first kappa shape index (κ1) is 14.4. The molecule has 1 N–H and O–H groups in total. The standard InChI is InChI=1S/C13H15N3O3S/c1-8-6-10(4-5-11(8)19-3)16-9(2)14-15-13(16)20-7-12(17)18/h4-6H,7H2,1-3H3,(H,17,18). The lowest BCUT2D eigenvalue weighted by Gasteiger charge is -2.11. The van der Waals surface area contributed by atoms with Crippen LogP contribution in [0.5, 0.6) is 5.75 Å². The monoisotopic (exact) mass is 293 g/mol. The zero-order chi connectivity index (χ0) is 14.7. The van der Waals surface area contributed by atoms with Crippen LogP contribution in [0.2, 0.25) is 0 Å². The minimum Gasteiger partial charge on any atom is -0.496 e. The summed E-state index contributed by atoms with van der Waals surface area (Å²) in [5.74, 6) is 0.586. The third-order valence-electron chi connectivity index (χ3n) is 2.76. The second-order valence-corrected chi connectivity index (χ2v) is 5.14. The molecule has 0 bridgehead atoms. The van der Waals surface area contributed by atoms with Gasteiger partial charge in [-0.1, -0.05) is 11.8 Å². The van der Waals surface area contributed by atoms with Crippen molar-refractivity contribution in [3.05, 3.63) is 29.6 Å². The number of ether oxygens (including phenoxy) is 1. The quantitative estimate of drug-likeness (QED) is 0.850. The van der Waals surface area contributed by atoms with Gasteiger partial charge in [0.2, 0.25) is 0 Å². The van der Waals surface area contributed by atoms with Crippen LogP contribution in [-0.4, -0.2) is 38.7 Å². The maximum Gasteiger partial charge on any atom is 0.313 e. The minimum atomic E-state index is -0.881. The highest BCUT2D eigenvalue weighted by atomic mass is 32.2. The smallest absolute Gasteiger partial charge is 0.313 e. The molecule has 0 aliphatic carbocycles. The average molecular weight is 293 g/mol. The zero-order valence-corrected chi connectivity index (χ0v) is 12.3. The first-order valence-electron chi connectivity index (χ1n) is 5.94. The van der Waals surface area contributed by atoms with Crippen molar-refractivity contribution < 1.29 is 14.6 Å². The van der Waals surface area contributed by atoms with Gasteiger partial charge in [-0.25, -0.2) is 0 Å². The van der Waals surface area contributed by atoms with E-state index in [0.717, 1.165) is 28.8 Å². The summed E-state index contributed by atoms with van der Waals surface area (Å²) in [4.78, 5) is 10.7. The molecule has 0 spiro atoms. The fraction of sp³-hybridized carbons (Fsp3) is 0.308. The third kappa shape index (κ3) is 2.93. The van der Waals surface area contributed by atoms with Gasteiger partial charge < -0.3 is 9.84 Å². The van der Waals surface area contributed by atoms with Gasteiger partial charge in [-0.3, -0.25) is 9.36 Å². The van der Waals surface area contributed by atoms with Gasteiger partial charge >= 0.3 is 5.97 Å². The van der Waals surface area contributed by atoms with Gasteiger partial charge in [0.1, 0.15) is 11.6 Å². The van der Waals surface area contributed by atoms with Gasteiger partial charge in [0.15, 0.2) is 5.16 Å². The van der Waals surface area contributed by atoms with Crippen LogP contribution in [0.15, 0.2) is 23.4 Å². The van der Waals surface area contributed by atoms with Crippen LogP contribution >= 0.6 is 11.8 Å². The van der Waals surface area contributed by atoms with E-state index < -0.39 is 5.97 Å². The van der Waals surface area contributed by atoms with Crippen LogP contribution in [0.4, 0.5) is 0 Å². The number of aliphatic carboxylic acids is 1. The normalized spacial score (nSPS) is 10.6. The van der Waals surface area contributed by atoms with Crippen LogP contribution in [-0.2, 0) is 4.79 Å². The highest BCUT2D eigenvalue weighted by molar-refractivity contribution is 7.99. The van der Waals surface area contributed by atoms with Crippen molar-refractivity contribution >= 4 is 17.7 Å². The highest BCUT2D eigenvalue weighted by Crippen LogP contribution is 2.25. The molecule has 20 heavy (non-hydrogen) atoms. The van der Waals surface area contributed by atoms with E-state index in [9.17, 15) is 4.79 Å².